The molecule has 1 saturated heterocycles. The van der Waals surface area contributed by atoms with Crippen molar-refractivity contribution in [3.8, 4) is 0 Å². The van der Waals surface area contributed by atoms with E-state index < -0.39 is 0 Å². The average Bonchev–Trinajstić information content (AvgIpc) is 2.53. The summed E-state index contributed by atoms with van der Waals surface area (Å²) in [4.78, 5) is 13.8. The number of rotatable bonds is 4. The molecule has 0 bridgehead atoms. The van der Waals surface area contributed by atoms with E-state index in [1.165, 1.54) is 21.2 Å². The highest BCUT2D eigenvalue weighted by molar-refractivity contribution is 9.10. The molecule has 1 amide bonds. The predicted octanol–water partition coefficient (Wildman–Crippen LogP) is 5.28. The first-order valence-corrected chi connectivity index (χ1v) is 9.19. The monoisotopic (exact) mass is 379 g/mol. The predicted molar refractivity (Wildman–Crippen MR) is 98.5 cm³/mol. The van der Waals surface area contributed by atoms with Gasteiger partial charge in [0.2, 0.25) is 0 Å². The molecule has 1 heterocycles. The van der Waals surface area contributed by atoms with Gasteiger partial charge in [-0.15, -0.1) is 0 Å². The summed E-state index contributed by atoms with van der Waals surface area (Å²) in [5.74, 6) is 0.378. The van der Waals surface area contributed by atoms with Crippen molar-refractivity contribution >= 4 is 28.1 Å². The molecular formula is C19H26BrNO2. The smallest absolute Gasteiger partial charge is 0.409 e. The van der Waals surface area contributed by atoms with Crippen LogP contribution < -0.4 is 0 Å². The summed E-state index contributed by atoms with van der Waals surface area (Å²) in [7, 11) is 0. The molecule has 0 unspecified atom stereocenters. The Morgan fingerprint density at radius 3 is 2.65 bits per heavy atom. The third-order valence-electron chi connectivity index (χ3n) is 4.07. The maximum atomic E-state index is 12.0. The Balaban J connectivity index is 1.96. The normalized spacial score (nSPS) is 15.0. The van der Waals surface area contributed by atoms with Crippen LogP contribution in [0.4, 0.5) is 4.79 Å². The van der Waals surface area contributed by atoms with Crippen LogP contribution >= 0.6 is 15.9 Å². The van der Waals surface area contributed by atoms with Gasteiger partial charge in [0.25, 0.3) is 0 Å². The number of halogens is 1. The standard InChI is InChI=1S/C19H26BrNO2/c1-4-17-16(6-5-7-18(17)20)12-15-8-10-21(11-9-15)19(22)23-13-14(2)3/h5-7,12,14H,4,8-11,13H2,1-3H3. The van der Waals surface area contributed by atoms with E-state index in [-0.39, 0.29) is 6.09 Å². The lowest BCUT2D eigenvalue weighted by Crippen LogP contribution is -2.37. The second kappa shape index (κ2) is 8.53. The van der Waals surface area contributed by atoms with Crippen LogP contribution in [-0.2, 0) is 11.2 Å². The number of likely N-dealkylation sites (tertiary alicyclic amines) is 1. The molecule has 1 aliphatic rings. The van der Waals surface area contributed by atoms with Crippen molar-refractivity contribution in [3.63, 3.8) is 0 Å². The fourth-order valence-corrected chi connectivity index (χ4v) is 3.42. The molecule has 0 spiro atoms. The van der Waals surface area contributed by atoms with Crippen LogP contribution in [0, 0.1) is 5.92 Å². The molecule has 1 aliphatic heterocycles. The molecule has 3 nitrogen and oxygen atoms in total. The Labute approximate surface area is 147 Å². The molecule has 0 saturated carbocycles. The quantitative estimate of drug-likeness (QED) is 0.711. The van der Waals surface area contributed by atoms with Crippen LogP contribution in [0.5, 0.6) is 0 Å². The van der Waals surface area contributed by atoms with Crippen LogP contribution in [0.3, 0.4) is 0 Å². The van der Waals surface area contributed by atoms with E-state index >= 15 is 0 Å². The first kappa shape index (κ1) is 18.1. The zero-order valence-electron chi connectivity index (χ0n) is 14.3. The minimum absolute atomic E-state index is 0.172. The number of hydrogen-bond acceptors (Lipinski definition) is 2. The summed E-state index contributed by atoms with van der Waals surface area (Å²) in [5.41, 5.74) is 4.04. The number of amides is 1. The summed E-state index contributed by atoms with van der Waals surface area (Å²) in [6, 6.07) is 6.34. The van der Waals surface area contributed by atoms with E-state index in [1.807, 2.05) is 18.7 Å². The summed E-state index contributed by atoms with van der Waals surface area (Å²) >= 11 is 3.63. The number of ether oxygens (including phenoxy) is 1. The van der Waals surface area contributed by atoms with Crippen LogP contribution in [-0.4, -0.2) is 30.7 Å². The Kier molecular flexibility index (Phi) is 6.70. The van der Waals surface area contributed by atoms with Crippen molar-refractivity contribution in [2.45, 2.75) is 40.0 Å². The maximum absolute atomic E-state index is 12.0. The maximum Gasteiger partial charge on any atom is 0.409 e. The van der Waals surface area contributed by atoms with Gasteiger partial charge in [0.1, 0.15) is 0 Å². The number of nitrogens with zero attached hydrogens (tertiary/aromatic N) is 1. The van der Waals surface area contributed by atoms with Gasteiger partial charge in [-0.3, -0.25) is 0 Å². The van der Waals surface area contributed by atoms with E-state index in [2.05, 4.69) is 47.1 Å². The minimum atomic E-state index is -0.172. The fourth-order valence-electron chi connectivity index (χ4n) is 2.75. The lowest BCUT2D eigenvalue weighted by Gasteiger charge is -2.28. The lowest BCUT2D eigenvalue weighted by atomic mass is 9.98. The van der Waals surface area contributed by atoms with Crippen molar-refractivity contribution in [1.82, 2.24) is 4.90 Å². The van der Waals surface area contributed by atoms with E-state index in [9.17, 15) is 4.79 Å². The van der Waals surface area contributed by atoms with Gasteiger partial charge in [0.05, 0.1) is 6.61 Å². The van der Waals surface area contributed by atoms with Gasteiger partial charge in [-0.2, -0.15) is 0 Å². The van der Waals surface area contributed by atoms with Crippen molar-refractivity contribution in [3.05, 3.63) is 39.4 Å². The summed E-state index contributed by atoms with van der Waals surface area (Å²) < 4.78 is 6.48. The van der Waals surface area contributed by atoms with Gasteiger partial charge in [0.15, 0.2) is 0 Å². The highest BCUT2D eigenvalue weighted by Crippen LogP contribution is 2.26. The number of piperidine rings is 1. The van der Waals surface area contributed by atoms with Crippen LogP contribution in [0.25, 0.3) is 6.08 Å². The second-order valence-electron chi connectivity index (χ2n) is 6.42. The van der Waals surface area contributed by atoms with Crippen molar-refractivity contribution in [2.24, 2.45) is 5.92 Å². The minimum Gasteiger partial charge on any atom is -0.449 e. The van der Waals surface area contributed by atoms with Gasteiger partial charge in [-0.25, -0.2) is 4.79 Å². The van der Waals surface area contributed by atoms with Crippen molar-refractivity contribution in [2.75, 3.05) is 19.7 Å². The number of benzene rings is 1. The van der Waals surface area contributed by atoms with E-state index in [0.717, 1.165) is 32.4 Å². The number of carbonyl (C=O) groups is 1. The van der Waals surface area contributed by atoms with Crippen molar-refractivity contribution < 1.29 is 9.53 Å². The molecule has 0 radical (unpaired) electrons. The Bertz CT molecular complexity index is 571. The Morgan fingerprint density at radius 1 is 1.35 bits per heavy atom. The summed E-state index contributed by atoms with van der Waals surface area (Å²) in [5, 5.41) is 0. The average molecular weight is 380 g/mol. The Morgan fingerprint density at radius 2 is 2.04 bits per heavy atom. The SMILES string of the molecule is CCc1c(Br)cccc1C=C1CCN(C(=O)OCC(C)C)CC1. The van der Waals surface area contributed by atoms with Gasteiger partial charge in [0, 0.05) is 17.6 Å². The number of carbonyl (C=O) groups excluding carboxylic acids is 1. The molecule has 1 fully saturated rings. The molecule has 2 rings (SSSR count). The molecule has 0 atom stereocenters. The summed E-state index contributed by atoms with van der Waals surface area (Å²) in [6.45, 7) is 8.27. The van der Waals surface area contributed by atoms with Gasteiger partial charge in [-0.1, -0.05) is 60.5 Å². The second-order valence-corrected chi connectivity index (χ2v) is 7.28. The number of hydrogen-bond donors (Lipinski definition) is 0. The molecular weight excluding hydrogens is 354 g/mol. The molecule has 0 N–H and O–H groups in total. The highest BCUT2D eigenvalue weighted by atomic mass is 79.9. The molecule has 4 heteroatoms. The molecule has 126 valence electrons. The largest absolute Gasteiger partial charge is 0.449 e. The highest BCUT2D eigenvalue weighted by Gasteiger charge is 2.20. The third kappa shape index (κ3) is 5.10. The molecule has 1 aromatic rings. The zero-order chi connectivity index (χ0) is 16.8. The van der Waals surface area contributed by atoms with Crippen LogP contribution in [0.1, 0.15) is 44.7 Å². The van der Waals surface area contributed by atoms with Gasteiger partial charge in [-0.05, 0) is 42.4 Å². The van der Waals surface area contributed by atoms with E-state index in [4.69, 9.17) is 4.74 Å². The molecule has 1 aromatic carbocycles. The summed E-state index contributed by atoms with van der Waals surface area (Å²) in [6.07, 6.45) is 4.97. The molecule has 23 heavy (non-hydrogen) atoms. The first-order valence-electron chi connectivity index (χ1n) is 8.39. The molecule has 0 aliphatic carbocycles. The zero-order valence-corrected chi connectivity index (χ0v) is 15.9. The van der Waals surface area contributed by atoms with Gasteiger partial charge >= 0.3 is 6.09 Å². The fraction of sp³-hybridized carbons (Fsp3) is 0.526. The topological polar surface area (TPSA) is 29.5 Å². The van der Waals surface area contributed by atoms with Crippen molar-refractivity contribution in [1.29, 1.82) is 0 Å². The van der Waals surface area contributed by atoms with E-state index in [1.54, 1.807) is 0 Å². The van der Waals surface area contributed by atoms with Gasteiger partial charge < -0.3 is 9.64 Å². The lowest BCUT2D eigenvalue weighted by molar-refractivity contribution is 0.0896. The van der Waals surface area contributed by atoms with Crippen LogP contribution in [0.2, 0.25) is 0 Å². The Hall–Kier alpha value is -1.29. The molecule has 0 aromatic heterocycles. The first-order chi connectivity index (χ1) is 11.0. The third-order valence-corrected chi connectivity index (χ3v) is 4.82. The van der Waals surface area contributed by atoms with E-state index in [0.29, 0.717) is 12.5 Å². The van der Waals surface area contributed by atoms with Crippen LogP contribution in [0.15, 0.2) is 28.2 Å².